The summed E-state index contributed by atoms with van der Waals surface area (Å²) in [4.78, 5) is 18.3. The van der Waals surface area contributed by atoms with Gasteiger partial charge in [-0.1, -0.05) is 6.07 Å². The van der Waals surface area contributed by atoms with E-state index in [0.717, 1.165) is 23.2 Å². The van der Waals surface area contributed by atoms with Crippen molar-refractivity contribution in [2.75, 3.05) is 18.4 Å². The molecule has 25 heavy (non-hydrogen) atoms. The third kappa shape index (κ3) is 4.27. The number of likely N-dealkylation sites (tertiary alicyclic amines) is 1. The summed E-state index contributed by atoms with van der Waals surface area (Å²) >= 11 is 0. The minimum Gasteiger partial charge on any atom is -0.472 e. The highest BCUT2D eigenvalue weighted by molar-refractivity contribution is 5.89. The molecule has 1 atom stereocenters. The van der Waals surface area contributed by atoms with Gasteiger partial charge in [-0.3, -0.25) is 0 Å². The predicted octanol–water partition coefficient (Wildman–Crippen LogP) is 3.26. The summed E-state index contributed by atoms with van der Waals surface area (Å²) in [6.45, 7) is 5.13. The zero-order chi connectivity index (χ0) is 17.8. The fourth-order valence-corrected chi connectivity index (χ4v) is 2.97. The van der Waals surface area contributed by atoms with Crippen LogP contribution in [0.5, 0.6) is 5.88 Å². The number of amides is 2. The molecular formula is C19H20N4O2. The first-order valence-electron chi connectivity index (χ1n) is 8.20. The van der Waals surface area contributed by atoms with Gasteiger partial charge in [0, 0.05) is 30.9 Å². The number of rotatable bonds is 3. The lowest BCUT2D eigenvalue weighted by Crippen LogP contribution is -2.34. The monoisotopic (exact) mass is 336 g/mol. The number of nitrogens with one attached hydrogen (secondary N) is 1. The molecule has 3 rings (SSSR count). The van der Waals surface area contributed by atoms with Gasteiger partial charge < -0.3 is 15.0 Å². The zero-order valence-electron chi connectivity index (χ0n) is 14.3. The molecule has 6 heteroatoms. The summed E-state index contributed by atoms with van der Waals surface area (Å²) in [5, 5.41) is 11.9. The second-order valence-electron chi connectivity index (χ2n) is 6.28. The van der Waals surface area contributed by atoms with Crippen molar-refractivity contribution in [3.05, 3.63) is 53.2 Å². The number of urea groups is 1. The number of ether oxygens (including phenoxy) is 1. The van der Waals surface area contributed by atoms with Gasteiger partial charge in [-0.2, -0.15) is 5.26 Å². The highest BCUT2D eigenvalue weighted by Gasteiger charge is 2.28. The molecule has 1 saturated heterocycles. The second kappa shape index (κ2) is 7.22. The van der Waals surface area contributed by atoms with Gasteiger partial charge in [0.1, 0.15) is 6.10 Å². The van der Waals surface area contributed by atoms with Gasteiger partial charge >= 0.3 is 6.03 Å². The summed E-state index contributed by atoms with van der Waals surface area (Å²) in [5.74, 6) is 0.417. The lowest BCUT2D eigenvalue weighted by Gasteiger charge is -2.18. The fourth-order valence-electron chi connectivity index (χ4n) is 2.97. The summed E-state index contributed by atoms with van der Waals surface area (Å²) < 4.78 is 5.80. The van der Waals surface area contributed by atoms with Gasteiger partial charge in [0.2, 0.25) is 5.88 Å². The largest absolute Gasteiger partial charge is 0.472 e. The molecule has 1 aliphatic heterocycles. The SMILES string of the molecule is Cc1cc(C)cc(NC(=O)N2CCC(Oc3cc(C#N)ccn3)C2)c1. The van der Waals surface area contributed by atoms with Gasteiger partial charge in [-0.15, -0.1) is 0 Å². The Kier molecular flexibility index (Phi) is 4.85. The average Bonchev–Trinajstić information content (AvgIpc) is 3.02. The molecule has 1 unspecified atom stereocenters. The second-order valence-corrected chi connectivity index (χ2v) is 6.28. The molecule has 0 spiro atoms. The summed E-state index contributed by atoms with van der Waals surface area (Å²) in [5.41, 5.74) is 3.53. The molecular weight excluding hydrogens is 316 g/mol. The van der Waals surface area contributed by atoms with Gasteiger partial charge in [0.25, 0.3) is 0 Å². The van der Waals surface area contributed by atoms with E-state index in [4.69, 9.17) is 10.00 Å². The number of nitrogens with zero attached hydrogens (tertiary/aromatic N) is 3. The van der Waals surface area contributed by atoms with E-state index < -0.39 is 0 Å². The van der Waals surface area contributed by atoms with E-state index in [1.807, 2.05) is 26.0 Å². The number of benzene rings is 1. The number of carbonyl (C=O) groups is 1. The Morgan fingerprint density at radius 3 is 2.80 bits per heavy atom. The first-order valence-corrected chi connectivity index (χ1v) is 8.20. The number of hydrogen-bond donors (Lipinski definition) is 1. The van der Waals surface area contributed by atoms with Crippen LogP contribution in [-0.4, -0.2) is 35.1 Å². The van der Waals surface area contributed by atoms with Crippen molar-refractivity contribution < 1.29 is 9.53 Å². The molecule has 0 bridgehead atoms. The highest BCUT2D eigenvalue weighted by atomic mass is 16.5. The third-order valence-electron chi connectivity index (χ3n) is 4.06. The number of pyridine rings is 1. The van der Waals surface area contributed by atoms with E-state index in [2.05, 4.69) is 22.4 Å². The van der Waals surface area contributed by atoms with Crippen LogP contribution in [0.15, 0.2) is 36.5 Å². The Balaban J connectivity index is 1.58. The number of aromatic nitrogens is 1. The molecule has 2 heterocycles. The lowest BCUT2D eigenvalue weighted by molar-refractivity contribution is 0.190. The average molecular weight is 336 g/mol. The standard InChI is InChI=1S/C19H20N4O2/c1-13-7-14(2)9-16(8-13)22-19(24)23-6-4-17(12-23)25-18-10-15(11-20)3-5-21-18/h3,5,7-10,17H,4,6,12H2,1-2H3,(H,22,24). The van der Waals surface area contributed by atoms with Crippen LogP contribution in [0.3, 0.4) is 0 Å². The van der Waals surface area contributed by atoms with Gasteiger partial charge in [0.05, 0.1) is 18.2 Å². The van der Waals surface area contributed by atoms with Gasteiger partial charge in [-0.05, 0) is 43.2 Å². The molecule has 2 aromatic rings. The molecule has 128 valence electrons. The Morgan fingerprint density at radius 1 is 1.32 bits per heavy atom. The van der Waals surface area contributed by atoms with Crippen molar-refractivity contribution in [2.45, 2.75) is 26.4 Å². The number of aryl methyl sites for hydroxylation is 2. The van der Waals surface area contributed by atoms with Crippen molar-refractivity contribution in [1.82, 2.24) is 9.88 Å². The van der Waals surface area contributed by atoms with E-state index in [0.29, 0.717) is 24.5 Å². The number of hydrogen-bond acceptors (Lipinski definition) is 4. The molecule has 1 aliphatic rings. The molecule has 1 aromatic carbocycles. The van der Waals surface area contributed by atoms with E-state index in [9.17, 15) is 4.79 Å². The van der Waals surface area contributed by atoms with Crippen LogP contribution in [0.2, 0.25) is 0 Å². The Bertz CT molecular complexity index is 808. The van der Waals surface area contributed by atoms with E-state index >= 15 is 0 Å². The molecule has 1 aromatic heterocycles. The molecule has 2 amide bonds. The zero-order valence-corrected chi connectivity index (χ0v) is 14.3. The predicted molar refractivity (Wildman–Crippen MR) is 94.5 cm³/mol. The van der Waals surface area contributed by atoms with Crippen molar-refractivity contribution in [3.63, 3.8) is 0 Å². The summed E-state index contributed by atoms with van der Waals surface area (Å²) in [6.07, 6.45) is 2.16. The first kappa shape index (κ1) is 16.8. The lowest BCUT2D eigenvalue weighted by atomic mass is 10.1. The van der Waals surface area contributed by atoms with Crippen LogP contribution >= 0.6 is 0 Å². The van der Waals surface area contributed by atoms with Gasteiger partial charge in [0.15, 0.2) is 0 Å². The van der Waals surface area contributed by atoms with Crippen LogP contribution in [0.1, 0.15) is 23.1 Å². The maximum atomic E-state index is 12.4. The summed E-state index contributed by atoms with van der Waals surface area (Å²) in [7, 11) is 0. The van der Waals surface area contributed by atoms with Crippen LogP contribution < -0.4 is 10.1 Å². The van der Waals surface area contributed by atoms with Crippen molar-refractivity contribution in [2.24, 2.45) is 0 Å². The molecule has 0 radical (unpaired) electrons. The number of anilines is 1. The van der Waals surface area contributed by atoms with Crippen molar-refractivity contribution in [3.8, 4) is 11.9 Å². The van der Waals surface area contributed by atoms with Crippen molar-refractivity contribution >= 4 is 11.7 Å². The molecule has 0 saturated carbocycles. The van der Waals surface area contributed by atoms with Crippen molar-refractivity contribution in [1.29, 1.82) is 5.26 Å². The Morgan fingerprint density at radius 2 is 2.08 bits per heavy atom. The van der Waals surface area contributed by atoms with Crippen LogP contribution in [0, 0.1) is 25.2 Å². The van der Waals surface area contributed by atoms with Crippen LogP contribution in [0.25, 0.3) is 0 Å². The minimum atomic E-state index is -0.130. The van der Waals surface area contributed by atoms with Crippen LogP contribution in [-0.2, 0) is 0 Å². The Hall–Kier alpha value is -3.07. The molecule has 1 N–H and O–H groups in total. The van der Waals surface area contributed by atoms with E-state index in [-0.39, 0.29) is 12.1 Å². The Labute approximate surface area is 147 Å². The maximum absolute atomic E-state index is 12.4. The normalized spacial score (nSPS) is 16.4. The van der Waals surface area contributed by atoms with Crippen LogP contribution in [0.4, 0.5) is 10.5 Å². The molecule has 6 nitrogen and oxygen atoms in total. The third-order valence-corrected chi connectivity index (χ3v) is 4.06. The van der Waals surface area contributed by atoms with E-state index in [1.54, 1.807) is 23.2 Å². The van der Waals surface area contributed by atoms with Gasteiger partial charge in [-0.25, -0.2) is 9.78 Å². The van der Waals surface area contributed by atoms with E-state index in [1.165, 1.54) is 0 Å². The summed E-state index contributed by atoms with van der Waals surface area (Å²) in [6, 6.07) is 11.1. The molecule has 0 aliphatic carbocycles. The topological polar surface area (TPSA) is 78.3 Å². The number of carbonyl (C=O) groups excluding carboxylic acids is 1. The maximum Gasteiger partial charge on any atom is 0.321 e. The fraction of sp³-hybridized carbons (Fsp3) is 0.316. The smallest absolute Gasteiger partial charge is 0.321 e. The minimum absolute atomic E-state index is 0.119. The quantitative estimate of drug-likeness (QED) is 0.933. The first-order chi connectivity index (χ1) is 12.0. The highest BCUT2D eigenvalue weighted by Crippen LogP contribution is 2.19. The number of nitriles is 1. The molecule has 1 fully saturated rings.